The van der Waals surface area contributed by atoms with Gasteiger partial charge in [0.15, 0.2) is 0 Å². The lowest BCUT2D eigenvalue weighted by Gasteiger charge is -2.09. The summed E-state index contributed by atoms with van der Waals surface area (Å²) in [7, 11) is 0. The summed E-state index contributed by atoms with van der Waals surface area (Å²) in [4.78, 5) is 1.38. The normalized spacial score (nSPS) is 10.7. The van der Waals surface area contributed by atoms with E-state index in [1.54, 1.807) is 0 Å². The van der Waals surface area contributed by atoms with Crippen molar-refractivity contribution >= 4 is 11.8 Å². The van der Waals surface area contributed by atoms with Crippen LogP contribution in [0.25, 0.3) is 0 Å². The molecule has 0 aliphatic rings. The van der Waals surface area contributed by atoms with E-state index in [2.05, 4.69) is 67.7 Å². The predicted octanol–water partition coefficient (Wildman–Crippen LogP) is 4.79. The molecule has 0 aliphatic heterocycles. The van der Waals surface area contributed by atoms with Crippen LogP contribution in [-0.2, 0) is 12.3 Å². The van der Waals surface area contributed by atoms with E-state index in [1.165, 1.54) is 28.0 Å². The van der Waals surface area contributed by atoms with E-state index in [4.69, 9.17) is 0 Å². The van der Waals surface area contributed by atoms with Gasteiger partial charge in [-0.15, -0.1) is 11.8 Å². The molecule has 0 amide bonds. The summed E-state index contributed by atoms with van der Waals surface area (Å²) in [6.45, 7) is 6.46. The maximum atomic E-state index is 3.45. The maximum Gasteiger partial charge on any atom is 0.0232 e. The van der Waals surface area contributed by atoms with Crippen molar-refractivity contribution in [2.45, 2.75) is 37.5 Å². The van der Waals surface area contributed by atoms with Gasteiger partial charge in [0.2, 0.25) is 0 Å². The molecule has 0 unspecified atom stereocenters. The van der Waals surface area contributed by atoms with E-state index < -0.39 is 0 Å². The Labute approximate surface area is 126 Å². The maximum absolute atomic E-state index is 3.45. The molecule has 106 valence electrons. The van der Waals surface area contributed by atoms with Crippen LogP contribution in [0.1, 0.15) is 30.0 Å². The summed E-state index contributed by atoms with van der Waals surface area (Å²) in [6.07, 6.45) is 1.18. The Balaban J connectivity index is 1.92. The van der Waals surface area contributed by atoms with Gasteiger partial charge in [0, 0.05) is 17.2 Å². The first-order valence-corrected chi connectivity index (χ1v) is 8.25. The van der Waals surface area contributed by atoms with Gasteiger partial charge in [0.25, 0.3) is 0 Å². The molecule has 2 heteroatoms. The molecule has 1 N–H and O–H groups in total. The van der Waals surface area contributed by atoms with Crippen LogP contribution in [0.2, 0.25) is 0 Å². The molecule has 0 bridgehead atoms. The van der Waals surface area contributed by atoms with Gasteiger partial charge < -0.3 is 5.32 Å². The number of benzene rings is 2. The van der Waals surface area contributed by atoms with Gasteiger partial charge in [-0.25, -0.2) is 0 Å². The average Bonchev–Trinajstić information content (AvgIpc) is 2.48. The lowest BCUT2D eigenvalue weighted by atomic mass is 10.1. The molecule has 2 aromatic carbocycles. The lowest BCUT2D eigenvalue weighted by Crippen LogP contribution is -2.13. The van der Waals surface area contributed by atoms with Crippen LogP contribution >= 0.6 is 11.8 Å². The SMILES string of the molecule is CCCNCc1ccc(SCc2ccccc2)c(C)c1. The minimum atomic E-state index is 0.971. The summed E-state index contributed by atoms with van der Waals surface area (Å²) >= 11 is 1.92. The molecule has 2 rings (SSSR count). The number of thioether (sulfide) groups is 1. The van der Waals surface area contributed by atoms with Gasteiger partial charge in [-0.1, -0.05) is 49.4 Å². The molecule has 0 radical (unpaired) electrons. The zero-order valence-electron chi connectivity index (χ0n) is 12.4. The third kappa shape index (κ3) is 4.69. The predicted molar refractivity (Wildman–Crippen MR) is 89.2 cm³/mol. The Kier molecular flexibility index (Phi) is 6.16. The van der Waals surface area contributed by atoms with Crippen LogP contribution < -0.4 is 5.32 Å². The fourth-order valence-corrected chi connectivity index (χ4v) is 3.09. The smallest absolute Gasteiger partial charge is 0.0232 e. The highest BCUT2D eigenvalue weighted by Gasteiger charge is 2.02. The van der Waals surface area contributed by atoms with E-state index >= 15 is 0 Å². The van der Waals surface area contributed by atoms with Gasteiger partial charge >= 0.3 is 0 Å². The minimum Gasteiger partial charge on any atom is -0.313 e. The Morgan fingerprint density at radius 2 is 1.80 bits per heavy atom. The third-order valence-electron chi connectivity index (χ3n) is 3.23. The standard InChI is InChI=1S/C18H23NS/c1-3-11-19-13-17-9-10-18(15(2)12-17)20-14-16-7-5-4-6-8-16/h4-10,12,19H,3,11,13-14H2,1-2H3. The van der Waals surface area contributed by atoms with Crippen LogP contribution in [0.4, 0.5) is 0 Å². The van der Waals surface area contributed by atoms with Crippen molar-refractivity contribution in [3.8, 4) is 0 Å². The van der Waals surface area contributed by atoms with Crippen molar-refractivity contribution in [3.63, 3.8) is 0 Å². The van der Waals surface area contributed by atoms with Crippen molar-refractivity contribution in [2.75, 3.05) is 6.54 Å². The Bertz CT molecular complexity index is 522. The second kappa shape index (κ2) is 8.13. The third-order valence-corrected chi connectivity index (χ3v) is 4.48. The summed E-state index contributed by atoms with van der Waals surface area (Å²) in [5.74, 6) is 1.04. The van der Waals surface area contributed by atoms with Crippen LogP contribution in [-0.4, -0.2) is 6.54 Å². The van der Waals surface area contributed by atoms with Crippen molar-refractivity contribution in [1.82, 2.24) is 5.32 Å². The summed E-state index contributed by atoms with van der Waals surface area (Å²) in [5.41, 5.74) is 4.13. The minimum absolute atomic E-state index is 0.971. The zero-order chi connectivity index (χ0) is 14.2. The van der Waals surface area contributed by atoms with E-state index in [-0.39, 0.29) is 0 Å². The zero-order valence-corrected chi connectivity index (χ0v) is 13.2. The van der Waals surface area contributed by atoms with Crippen LogP contribution in [0.5, 0.6) is 0 Å². The average molecular weight is 285 g/mol. The van der Waals surface area contributed by atoms with Crippen molar-refractivity contribution < 1.29 is 0 Å². The van der Waals surface area contributed by atoms with E-state index in [0.717, 1.165) is 18.8 Å². The fourth-order valence-electron chi connectivity index (χ4n) is 2.13. The van der Waals surface area contributed by atoms with Gasteiger partial charge in [0.1, 0.15) is 0 Å². The number of aryl methyl sites for hydroxylation is 1. The molecule has 0 aliphatic carbocycles. The molecule has 0 spiro atoms. The number of hydrogen-bond acceptors (Lipinski definition) is 2. The van der Waals surface area contributed by atoms with E-state index in [0.29, 0.717) is 0 Å². The summed E-state index contributed by atoms with van der Waals surface area (Å²) in [6, 6.07) is 17.4. The van der Waals surface area contributed by atoms with Crippen LogP contribution in [0, 0.1) is 6.92 Å². The molecule has 0 saturated carbocycles. The first-order chi connectivity index (χ1) is 9.79. The molecule has 0 saturated heterocycles. The molecular formula is C18H23NS. The first kappa shape index (κ1) is 15.1. The number of hydrogen-bond donors (Lipinski definition) is 1. The van der Waals surface area contributed by atoms with Gasteiger partial charge in [-0.05, 0) is 42.6 Å². The van der Waals surface area contributed by atoms with E-state index in [9.17, 15) is 0 Å². The Morgan fingerprint density at radius 3 is 2.50 bits per heavy atom. The topological polar surface area (TPSA) is 12.0 Å². The quantitative estimate of drug-likeness (QED) is 0.580. The van der Waals surface area contributed by atoms with Crippen LogP contribution in [0.3, 0.4) is 0 Å². The molecule has 2 aromatic rings. The highest BCUT2D eigenvalue weighted by molar-refractivity contribution is 7.98. The molecule has 0 heterocycles. The Morgan fingerprint density at radius 1 is 1.00 bits per heavy atom. The molecule has 20 heavy (non-hydrogen) atoms. The van der Waals surface area contributed by atoms with Crippen molar-refractivity contribution in [3.05, 3.63) is 65.2 Å². The molecular weight excluding hydrogens is 262 g/mol. The van der Waals surface area contributed by atoms with Crippen LogP contribution in [0.15, 0.2) is 53.4 Å². The highest BCUT2D eigenvalue weighted by atomic mass is 32.2. The summed E-state index contributed by atoms with van der Waals surface area (Å²) < 4.78 is 0. The molecule has 0 aromatic heterocycles. The van der Waals surface area contributed by atoms with Crippen molar-refractivity contribution in [2.24, 2.45) is 0 Å². The van der Waals surface area contributed by atoms with Crippen molar-refractivity contribution in [1.29, 1.82) is 0 Å². The Hall–Kier alpha value is -1.25. The number of rotatable bonds is 7. The largest absolute Gasteiger partial charge is 0.313 e. The molecule has 0 fully saturated rings. The van der Waals surface area contributed by atoms with Gasteiger partial charge in [-0.3, -0.25) is 0 Å². The second-order valence-electron chi connectivity index (χ2n) is 5.05. The second-order valence-corrected chi connectivity index (χ2v) is 6.07. The lowest BCUT2D eigenvalue weighted by molar-refractivity contribution is 0.675. The molecule has 0 atom stereocenters. The highest BCUT2D eigenvalue weighted by Crippen LogP contribution is 2.26. The van der Waals surface area contributed by atoms with Gasteiger partial charge in [-0.2, -0.15) is 0 Å². The van der Waals surface area contributed by atoms with E-state index in [1.807, 2.05) is 11.8 Å². The number of nitrogens with one attached hydrogen (secondary N) is 1. The fraction of sp³-hybridized carbons (Fsp3) is 0.333. The first-order valence-electron chi connectivity index (χ1n) is 7.26. The summed E-state index contributed by atoms with van der Waals surface area (Å²) in [5, 5.41) is 3.45. The van der Waals surface area contributed by atoms with Gasteiger partial charge in [0.05, 0.1) is 0 Å². The monoisotopic (exact) mass is 285 g/mol. The molecule has 1 nitrogen and oxygen atoms in total.